The molecule has 0 radical (unpaired) electrons. The quantitative estimate of drug-likeness (QED) is 0.611. The SMILES string of the molecule is CC[O][Zr]([O]CC)([O]CC)[O]CCN(C)C. The second kappa shape index (κ2) is 9.69. The van der Waals surface area contributed by atoms with Crippen molar-refractivity contribution in [3.63, 3.8) is 0 Å². The van der Waals surface area contributed by atoms with E-state index in [2.05, 4.69) is 4.90 Å². The van der Waals surface area contributed by atoms with Crippen molar-refractivity contribution in [3.05, 3.63) is 0 Å². The fourth-order valence-electron chi connectivity index (χ4n) is 1.13. The molecule has 0 aromatic heterocycles. The second-order valence-electron chi connectivity index (χ2n) is 3.45. The normalized spacial score (nSPS) is 12.4. The first kappa shape index (κ1) is 16.7. The van der Waals surface area contributed by atoms with Crippen molar-refractivity contribution in [3.8, 4) is 0 Å². The van der Waals surface area contributed by atoms with E-state index in [-0.39, 0.29) is 0 Å². The molecule has 0 fully saturated rings. The standard InChI is InChI=1S/C4H10NO.3C2H5O.Zr/c1-5(2)3-4-6;3*1-2-3;/h3-4H2,1-2H3;3*2H2,1H3;/q4*-1;+4. The van der Waals surface area contributed by atoms with Gasteiger partial charge in [-0.15, -0.1) is 0 Å². The number of rotatable bonds is 10. The van der Waals surface area contributed by atoms with Gasteiger partial charge in [0.1, 0.15) is 0 Å². The Morgan fingerprint density at radius 3 is 1.56 bits per heavy atom. The Labute approximate surface area is 106 Å². The summed E-state index contributed by atoms with van der Waals surface area (Å²) >= 11 is -3.68. The third kappa shape index (κ3) is 7.10. The summed E-state index contributed by atoms with van der Waals surface area (Å²) in [5.74, 6) is 0. The van der Waals surface area contributed by atoms with Crippen molar-refractivity contribution in [1.29, 1.82) is 0 Å². The van der Waals surface area contributed by atoms with Crippen LogP contribution >= 0.6 is 0 Å². The Kier molecular flexibility index (Phi) is 10.1. The molecule has 0 heterocycles. The summed E-state index contributed by atoms with van der Waals surface area (Å²) in [4.78, 5) is 2.06. The second-order valence-corrected chi connectivity index (χ2v) is 8.75. The molecule has 0 aromatic rings. The Balaban J connectivity index is 4.23. The maximum absolute atomic E-state index is 5.76. The van der Waals surface area contributed by atoms with Gasteiger partial charge in [-0.3, -0.25) is 0 Å². The van der Waals surface area contributed by atoms with E-state index in [9.17, 15) is 0 Å². The molecule has 5 nitrogen and oxygen atoms in total. The molecule has 0 aliphatic rings. The van der Waals surface area contributed by atoms with Crippen molar-refractivity contribution in [2.24, 2.45) is 0 Å². The van der Waals surface area contributed by atoms with Crippen molar-refractivity contribution in [1.82, 2.24) is 4.90 Å². The van der Waals surface area contributed by atoms with Crippen molar-refractivity contribution < 1.29 is 33.3 Å². The molecule has 0 spiro atoms. The van der Waals surface area contributed by atoms with Gasteiger partial charge in [0.2, 0.25) is 0 Å². The van der Waals surface area contributed by atoms with Gasteiger partial charge in [0.15, 0.2) is 0 Å². The molecule has 0 N–H and O–H groups in total. The molecule has 0 rings (SSSR count). The summed E-state index contributed by atoms with van der Waals surface area (Å²) < 4.78 is 22.6. The number of hydrogen-bond donors (Lipinski definition) is 0. The molecule has 98 valence electrons. The van der Waals surface area contributed by atoms with Gasteiger partial charge < -0.3 is 0 Å². The molecule has 16 heavy (non-hydrogen) atoms. The van der Waals surface area contributed by atoms with Crippen LogP contribution in [0.25, 0.3) is 0 Å². The zero-order valence-corrected chi connectivity index (χ0v) is 13.6. The summed E-state index contributed by atoms with van der Waals surface area (Å²) in [6, 6.07) is 0. The Bertz CT molecular complexity index is 152. The first-order valence-corrected chi connectivity index (χ1v) is 9.82. The number of hydrogen-bond acceptors (Lipinski definition) is 5. The monoisotopic (exact) mass is 313 g/mol. The van der Waals surface area contributed by atoms with E-state index >= 15 is 0 Å². The van der Waals surface area contributed by atoms with Crippen LogP contribution in [0, 0.1) is 0 Å². The number of nitrogens with zero attached hydrogens (tertiary/aromatic N) is 1. The molecule has 0 unspecified atom stereocenters. The van der Waals surface area contributed by atoms with Crippen LogP contribution in [0.15, 0.2) is 0 Å². The summed E-state index contributed by atoms with van der Waals surface area (Å²) in [5.41, 5.74) is 0. The Morgan fingerprint density at radius 2 is 1.25 bits per heavy atom. The van der Waals surface area contributed by atoms with Crippen LogP contribution in [0.3, 0.4) is 0 Å². The molecular weight excluding hydrogens is 289 g/mol. The van der Waals surface area contributed by atoms with E-state index in [1.165, 1.54) is 0 Å². The van der Waals surface area contributed by atoms with Crippen LogP contribution in [0.5, 0.6) is 0 Å². The van der Waals surface area contributed by atoms with E-state index in [4.69, 9.17) is 11.3 Å². The molecule has 0 aromatic carbocycles. The van der Waals surface area contributed by atoms with Gasteiger partial charge in [0.25, 0.3) is 0 Å². The summed E-state index contributed by atoms with van der Waals surface area (Å²) in [6.45, 7) is 8.92. The zero-order valence-electron chi connectivity index (χ0n) is 11.1. The first-order valence-electron chi connectivity index (χ1n) is 5.80. The zero-order chi connectivity index (χ0) is 12.4. The molecule has 0 aliphatic carbocycles. The molecule has 0 saturated heterocycles. The van der Waals surface area contributed by atoms with Crippen molar-refractivity contribution in [2.75, 3.05) is 47.1 Å². The molecule has 0 bridgehead atoms. The predicted molar refractivity (Wildman–Crippen MR) is 59.4 cm³/mol. The van der Waals surface area contributed by atoms with Crippen molar-refractivity contribution in [2.45, 2.75) is 20.8 Å². The predicted octanol–water partition coefficient (Wildman–Crippen LogP) is 1.49. The average molecular weight is 315 g/mol. The average Bonchev–Trinajstić information content (AvgIpc) is 2.18. The van der Waals surface area contributed by atoms with E-state index in [1.54, 1.807) is 0 Å². The van der Waals surface area contributed by atoms with Gasteiger partial charge in [0.05, 0.1) is 0 Å². The van der Waals surface area contributed by atoms with Crippen LogP contribution in [0.1, 0.15) is 20.8 Å². The topological polar surface area (TPSA) is 40.2 Å². The van der Waals surface area contributed by atoms with Crippen LogP contribution in [-0.2, 0) is 33.3 Å². The first-order chi connectivity index (χ1) is 7.60. The summed E-state index contributed by atoms with van der Waals surface area (Å²) in [6.07, 6.45) is 0. The Hall–Kier alpha value is 0.683. The van der Waals surface area contributed by atoms with E-state index in [0.29, 0.717) is 26.4 Å². The minimum atomic E-state index is -3.68. The molecule has 0 aliphatic heterocycles. The minimum absolute atomic E-state index is 0.568. The van der Waals surface area contributed by atoms with Gasteiger partial charge in [-0.05, 0) is 0 Å². The third-order valence-electron chi connectivity index (χ3n) is 1.78. The van der Waals surface area contributed by atoms with Gasteiger partial charge >= 0.3 is 106 Å². The fourth-order valence-corrected chi connectivity index (χ4v) is 5.81. The van der Waals surface area contributed by atoms with Crippen molar-refractivity contribution >= 4 is 0 Å². The molecule has 0 atom stereocenters. The van der Waals surface area contributed by atoms with Gasteiger partial charge in [-0.1, -0.05) is 0 Å². The van der Waals surface area contributed by atoms with Gasteiger partial charge in [-0.25, -0.2) is 0 Å². The van der Waals surface area contributed by atoms with Crippen LogP contribution < -0.4 is 0 Å². The van der Waals surface area contributed by atoms with Crippen LogP contribution in [0.2, 0.25) is 0 Å². The molecule has 0 amide bonds. The Morgan fingerprint density at radius 1 is 0.812 bits per heavy atom. The molecule has 6 heteroatoms. The molecular formula is C10H25NO4Zr. The fraction of sp³-hybridized carbons (Fsp3) is 1.00. The van der Waals surface area contributed by atoms with E-state index in [0.717, 1.165) is 6.54 Å². The third-order valence-corrected chi connectivity index (χ3v) is 7.89. The van der Waals surface area contributed by atoms with E-state index < -0.39 is 22.0 Å². The maximum atomic E-state index is 5.76. The van der Waals surface area contributed by atoms with E-state index in [1.807, 2.05) is 34.9 Å². The van der Waals surface area contributed by atoms with Crippen LogP contribution in [-0.4, -0.2) is 52.0 Å². The molecule has 0 saturated carbocycles. The summed E-state index contributed by atoms with van der Waals surface area (Å²) in [5, 5.41) is 0. The van der Waals surface area contributed by atoms with Crippen LogP contribution in [0.4, 0.5) is 0 Å². The summed E-state index contributed by atoms with van der Waals surface area (Å²) in [7, 11) is 4.01. The van der Waals surface area contributed by atoms with Gasteiger partial charge in [-0.2, -0.15) is 0 Å². The van der Waals surface area contributed by atoms with Gasteiger partial charge in [0, 0.05) is 0 Å². The number of likely N-dealkylation sites (N-methyl/N-ethyl adjacent to an activating group) is 1.